The van der Waals surface area contributed by atoms with Crippen LogP contribution in [0.5, 0.6) is 5.75 Å². The van der Waals surface area contributed by atoms with E-state index in [0.717, 1.165) is 11.1 Å². The predicted octanol–water partition coefficient (Wildman–Crippen LogP) is 3.12. The monoisotopic (exact) mass is 467 g/mol. The number of rotatable bonds is 7. The third-order valence-electron chi connectivity index (χ3n) is 5.13. The highest BCUT2D eigenvalue weighted by molar-refractivity contribution is 6.32. The van der Waals surface area contributed by atoms with E-state index < -0.39 is 11.9 Å². The van der Waals surface area contributed by atoms with Crippen LogP contribution in [0.3, 0.4) is 0 Å². The molecule has 170 valence electrons. The number of fused-ring (bicyclic) bond motifs is 1. The Bertz CT molecular complexity index is 1380. The molecule has 3 heterocycles. The highest BCUT2D eigenvalue weighted by atomic mass is 35.5. The van der Waals surface area contributed by atoms with Crippen LogP contribution in [0.15, 0.2) is 47.4 Å². The summed E-state index contributed by atoms with van der Waals surface area (Å²) in [6.07, 6.45) is 1.37. The Morgan fingerprint density at radius 3 is 2.73 bits per heavy atom. The van der Waals surface area contributed by atoms with E-state index in [0.29, 0.717) is 21.9 Å². The van der Waals surface area contributed by atoms with Crippen LogP contribution in [0.1, 0.15) is 47.9 Å². The number of nitrogens with one attached hydrogen (secondary N) is 2. The molecule has 0 fully saturated rings. The molecule has 0 aliphatic heterocycles. The van der Waals surface area contributed by atoms with Gasteiger partial charge in [-0.2, -0.15) is 4.98 Å². The number of hydrogen-bond acceptors (Lipinski definition) is 7. The number of carbonyl (C=O) groups is 1. The normalized spacial score (nSPS) is 13.0. The summed E-state index contributed by atoms with van der Waals surface area (Å²) in [7, 11) is 1.56. The van der Waals surface area contributed by atoms with Gasteiger partial charge in [0.1, 0.15) is 11.9 Å². The van der Waals surface area contributed by atoms with Crippen LogP contribution in [0.4, 0.5) is 5.95 Å². The predicted molar refractivity (Wildman–Crippen MR) is 124 cm³/mol. The number of amides is 1. The number of ether oxygens (including phenoxy) is 1. The number of H-pyrrole nitrogens is 1. The maximum Gasteiger partial charge on any atom is 0.286 e. The van der Waals surface area contributed by atoms with Gasteiger partial charge in [-0.05, 0) is 38.1 Å². The van der Waals surface area contributed by atoms with Crippen molar-refractivity contribution in [3.05, 3.63) is 75.1 Å². The molecule has 0 bridgehead atoms. The van der Waals surface area contributed by atoms with Crippen molar-refractivity contribution in [3.8, 4) is 5.75 Å². The summed E-state index contributed by atoms with van der Waals surface area (Å²) in [6.45, 7) is 3.65. The number of anilines is 1. The van der Waals surface area contributed by atoms with Crippen LogP contribution >= 0.6 is 11.6 Å². The summed E-state index contributed by atoms with van der Waals surface area (Å²) in [6, 6.07) is 10.3. The van der Waals surface area contributed by atoms with Crippen LogP contribution < -0.4 is 21.3 Å². The lowest BCUT2D eigenvalue weighted by molar-refractivity contribution is 0.0986. The molecule has 0 aliphatic carbocycles. The first-order valence-corrected chi connectivity index (χ1v) is 10.5. The number of nitrogens with two attached hydrogens (primary N) is 1. The van der Waals surface area contributed by atoms with Gasteiger partial charge >= 0.3 is 0 Å². The number of hydrogen-bond donors (Lipinski definition) is 3. The Kier molecular flexibility index (Phi) is 6.01. The summed E-state index contributed by atoms with van der Waals surface area (Å²) >= 11 is 6.47. The molecule has 1 amide bonds. The molecule has 0 saturated carbocycles. The van der Waals surface area contributed by atoms with Gasteiger partial charge in [-0.1, -0.05) is 17.7 Å². The zero-order chi connectivity index (χ0) is 23.7. The number of halogens is 1. The first-order valence-electron chi connectivity index (χ1n) is 10.1. The zero-order valence-corrected chi connectivity index (χ0v) is 18.9. The number of carbonyl (C=O) groups excluding carboxylic acids is 1. The van der Waals surface area contributed by atoms with Gasteiger partial charge in [0.25, 0.3) is 11.5 Å². The Labute approximate surface area is 193 Å². The Morgan fingerprint density at radius 1 is 1.27 bits per heavy atom. The molecule has 11 heteroatoms. The van der Waals surface area contributed by atoms with E-state index in [1.807, 2.05) is 25.1 Å². The third-order valence-corrected chi connectivity index (χ3v) is 5.42. The fraction of sp³-hybridized carbons (Fsp3) is 0.227. The molecule has 4 N–H and O–H groups in total. The minimum absolute atomic E-state index is 0.0105. The van der Waals surface area contributed by atoms with Crippen LogP contribution in [0.25, 0.3) is 10.9 Å². The van der Waals surface area contributed by atoms with E-state index in [1.54, 1.807) is 38.4 Å². The van der Waals surface area contributed by atoms with Gasteiger partial charge < -0.3 is 20.8 Å². The van der Waals surface area contributed by atoms with Crippen molar-refractivity contribution < 1.29 is 9.53 Å². The molecule has 33 heavy (non-hydrogen) atoms. The molecule has 4 rings (SSSR count). The molecule has 0 saturated heterocycles. The minimum atomic E-state index is -0.695. The number of primary amides is 1. The topological polar surface area (TPSA) is 141 Å². The van der Waals surface area contributed by atoms with E-state index in [1.165, 1.54) is 4.68 Å². The molecule has 0 spiro atoms. The summed E-state index contributed by atoms with van der Waals surface area (Å²) in [4.78, 5) is 35.4. The maximum absolute atomic E-state index is 12.8. The van der Waals surface area contributed by atoms with E-state index in [4.69, 9.17) is 22.1 Å². The second-order valence-corrected chi connectivity index (χ2v) is 7.96. The number of aromatic amines is 1. The van der Waals surface area contributed by atoms with Crippen molar-refractivity contribution >= 4 is 34.4 Å². The summed E-state index contributed by atoms with van der Waals surface area (Å²) < 4.78 is 7.26. The lowest BCUT2D eigenvalue weighted by Gasteiger charge is -2.17. The van der Waals surface area contributed by atoms with Gasteiger partial charge in [-0.3, -0.25) is 14.6 Å². The van der Waals surface area contributed by atoms with Gasteiger partial charge in [0.2, 0.25) is 11.8 Å². The average Bonchev–Trinajstić information content (AvgIpc) is 3.15. The zero-order valence-electron chi connectivity index (χ0n) is 18.2. The van der Waals surface area contributed by atoms with Crippen LogP contribution in [0.2, 0.25) is 5.02 Å². The number of aromatic nitrogens is 5. The smallest absolute Gasteiger partial charge is 0.286 e. The van der Waals surface area contributed by atoms with Gasteiger partial charge in [-0.15, -0.1) is 5.10 Å². The van der Waals surface area contributed by atoms with Gasteiger partial charge in [0, 0.05) is 30.3 Å². The molecule has 0 radical (unpaired) electrons. The van der Waals surface area contributed by atoms with Crippen molar-refractivity contribution in [2.24, 2.45) is 12.8 Å². The van der Waals surface area contributed by atoms with Crippen LogP contribution in [-0.4, -0.2) is 30.6 Å². The fourth-order valence-corrected chi connectivity index (χ4v) is 3.65. The molecule has 4 aromatic rings. The lowest BCUT2D eigenvalue weighted by atomic mass is 10.1. The van der Waals surface area contributed by atoms with Crippen molar-refractivity contribution in [1.29, 1.82) is 0 Å². The second-order valence-electron chi connectivity index (χ2n) is 7.55. The van der Waals surface area contributed by atoms with Crippen molar-refractivity contribution in [1.82, 2.24) is 24.7 Å². The first-order chi connectivity index (χ1) is 15.7. The molecule has 3 aromatic heterocycles. The third kappa shape index (κ3) is 4.65. The Balaban J connectivity index is 1.60. The molecule has 0 unspecified atom stereocenters. The second kappa shape index (κ2) is 8.91. The molecule has 2 atom stereocenters. The van der Waals surface area contributed by atoms with Crippen molar-refractivity contribution in [2.45, 2.75) is 26.0 Å². The van der Waals surface area contributed by atoms with Gasteiger partial charge in [0.05, 0.1) is 22.3 Å². The standard InChI is InChI=1S/C22H22ClN7O3/c1-11(26-22-28-20(19(24)31)30(3)29-22)14-8-13-9-15(23)18(10-17(13)27-21(14)32)33-12(2)16-6-4-5-7-25-16/h4-12H,1-3H3,(H2,24,31)(H,26,29)(H,27,32)/t11-,12+/m0/s1. The number of pyridine rings is 2. The molecule has 0 aliphatic rings. The van der Waals surface area contributed by atoms with Crippen LogP contribution in [-0.2, 0) is 7.05 Å². The fourth-order valence-electron chi connectivity index (χ4n) is 3.43. The minimum Gasteiger partial charge on any atom is -0.483 e. The van der Waals surface area contributed by atoms with Gasteiger partial charge in [0.15, 0.2) is 0 Å². The molecular weight excluding hydrogens is 446 g/mol. The molecule has 10 nitrogen and oxygen atoms in total. The van der Waals surface area contributed by atoms with E-state index in [9.17, 15) is 9.59 Å². The molecular formula is C22H22ClN7O3. The highest BCUT2D eigenvalue weighted by Crippen LogP contribution is 2.32. The van der Waals surface area contributed by atoms with Crippen molar-refractivity contribution in [3.63, 3.8) is 0 Å². The van der Waals surface area contributed by atoms with E-state index >= 15 is 0 Å². The summed E-state index contributed by atoms with van der Waals surface area (Å²) in [5.41, 5.74) is 6.77. The summed E-state index contributed by atoms with van der Waals surface area (Å²) in [5.74, 6) is -0.0622. The number of aryl methyl sites for hydroxylation is 1. The van der Waals surface area contributed by atoms with Crippen molar-refractivity contribution in [2.75, 3.05) is 5.32 Å². The first kappa shape index (κ1) is 22.3. The highest BCUT2D eigenvalue weighted by Gasteiger charge is 2.18. The Morgan fingerprint density at radius 2 is 2.06 bits per heavy atom. The lowest BCUT2D eigenvalue weighted by Crippen LogP contribution is -2.20. The number of nitrogens with zero attached hydrogens (tertiary/aromatic N) is 4. The summed E-state index contributed by atoms with van der Waals surface area (Å²) in [5, 5.41) is 8.25. The van der Waals surface area contributed by atoms with Crippen LogP contribution in [0, 0.1) is 0 Å². The average molecular weight is 468 g/mol. The Hall–Kier alpha value is -3.92. The quantitative estimate of drug-likeness (QED) is 0.379. The maximum atomic E-state index is 12.8. The number of benzene rings is 1. The van der Waals surface area contributed by atoms with E-state index in [-0.39, 0.29) is 23.4 Å². The van der Waals surface area contributed by atoms with E-state index in [2.05, 4.69) is 25.4 Å². The largest absolute Gasteiger partial charge is 0.483 e. The van der Waals surface area contributed by atoms with Gasteiger partial charge in [-0.25, -0.2) is 4.68 Å². The SMILES string of the molecule is C[C@H](Nc1nc(C(N)=O)n(C)n1)c1cc2cc(Cl)c(O[C@H](C)c3ccccn3)cc2[nH]c1=O. The molecule has 1 aromatic carbocycles.